The molecule has 0 heterocycles. The van der Waals surface area contributed by atoms with E-state index in [1.807, 2.05) is 24.3 Å². The number of carbonyl (C=O) groups excluding carboxylic acids is 1. The van der Waals surface area contributed by atoms with E-state index in [1.165, 1.54) is 6.08 Å². The molecule has 0 saturated carbocycles. The quantitative estimate of drug-likeness (QED) is 0.790. The fourth-order valence-electron chi connectivity index (χ4n) is 1.74. The van der Waals surface area contributed by atoms with Crippen molar-refractivity contribution in [3.8, 4) is 0 Å². The van der Waals surface area contributed by atoms with Gasteiger partial charge in [-0.1, -0.05) is 41.9 Å². The number of aliphatic hydroxyl groups is 1. The van der Waals surface area contributed by atoms with Crippen LogP contribution in [-0.4, -0.2) is 23.7 Å². The van der Waals surface area contributed by atoms with E-state index in [1.54, 1.807) is 6.08 Å². The van der Waals surface area contributed by atoms with E-state index in [0.29, 0.717) is 5.92 Å². The molecule has 4 heteroatoms. The summed E-state index contributed by atoms with van der Waals surface area (Å²) in [6.45, 7) is 4.09. The van der Waals surface area contributed by atoms with Crippen LogP contribution in [0.1, 0.15) is 25.8 Å². The van der Waals surface area contributed by atoms with Crippen molar-refractivity contribution in [2.75, 3.05) is 6.61 Å². The molecular weight excluding hydrogens is 306 g/mol. The van der Waals surface area contributed by atoms with Crippen molar-refractivity contribution in [3.63, 3.8) is 0 Å². The third-order valence-corrected chi connectivity index (χ3v) is 3.15. The van der Waals surface area contributed by atoms with Gasteiger partial charge in [0.25, 0.3) is 0 Å². The second-order valence-corrected chi connectivity index (χ2v) is 5.82. The molecular formula is C15H20BrNO2. The number of amides is 1. The van der Waals surface area contributed by atoms with Crippen molar-refractivity contribution >= 4 is 27.9 Å². The average Bonchev–Trinajstić information content (AvgIpc) is 2.36. The minimum atomic E-state index is -0.179. The molecule has 0 aliphatic heterocycles. The summed E-state index contributed by atoms with van der Waals surface area (Å²) in [5, 5.41) is 12.0. The zero-order valence-electron chi connectivity index (χ0n) is 11.3. The molecule has 3 nitrogen and oxygen atoms in total. The molecule has 1 atom stereocenters. The fraction of sp³-hybridized carbons (Fsp3) is 0.400. The minimum Gasteiger partial charge on any atom is -0.394 e. The van der Waals surface area contributed by atoms with Gasteiger partial charge in [0, 0.05) is 10.5 Å². The number of aliphatic hydroxyl groups excluding tert-OH is 1. The Morgan fingerprint density at radius 3 is 2.53 bits per heavy atom. The van der Waals surface area contributed by atoms with Gasteiger partial charge in [0.1, 0.15) is 0 Å². The molecule has 0 aliphatic rings. The standard InChI is InChI=1S/C15H20BrNO2/c1-11(2)9-14(10-18)17-15(19)8-5-12-3-6-13(16)7-4-12/h3-8,11,14,18H,9-10H2,1-2H3,(H,17,19). The highest BCUT2D eigenvalue weighted by Gasteiger charge is 2.10. The van der Waals surface area contributed by atoms with Gasteiger partial charge < -0.3 is 10.4 Å². The van der Waals surface area contributed by atoms with Crippen LogP contribution >= 0.6 is 15.9 Å². The topological polar surface area (TPSA) is 49.3 Å². The van der Waals surface area contributed by atoms with Gasteiger partial charge in [-0.25, -0.2) is 0 Å². The van der Waals surface area contributed by atoms with Crippen molar-refractivity contribution < 1.29 is 9.90 Å². The van der Waals surface area contributed by atoms with Crippen LogP contribution in [0.2, 0.25) is 0 Å². The number of halogens is 1. The van der Waals surface area contributed by atoms with Gasteiger partial charge >= 0.3 is 0 Å². The Bertz CT molecular complexity index is 426. The largest absolute Gasteiger partial charge is 0.394 e. The lowest BCUT2D eigenvalue weighted by atomic mass is 10.0. The number of hydrogen-bond acceptors (Lipinski definition) is 2. The van der Waals surface area contributed by atoms with Crippen LogP contribution in [0.5, 0.6) is 0 Å². The van der Waals surface area contributed by atoms with Crippen molar-refractivity contribution in [1.29, 1.82) is 0 Å². The molecule has 0 aromatic heterocycles. The Hall–Kier alpha value is -1.13. The van der Waals surface area contributed by atoms with Crippen LogP contribution < -0.4 is 5.32 Å². The zero-order chi connectivity index (χ0) is 14.3. The van der Waals surface area contributed by atoms with Crippen molar-refractivity contribution in [3.05, 3.63) is 40.4 Å². The summed E-state index contributed by atoms with van der Waals surface area (Å²) in [6, 6.07) is 7.51. The highest BCUT2D eigenvalue weighted by molar-refractivity contribution is 9.10. The fourth-order valence-corrected chi connectivity index (χ4v) is 2.01. The molecule has 1 unspecified atom stereocenters. The molecule has 1 rings (SSSR count). The summed E-state index contributed by atoms with van der Waals surface area (Å²) in [5.74, 6) is 0.260. The number of benzene rings is 1. The van der Waals surface area contributed by atoms with Gasteiger partial charge in [-0.05, 0) is 36.1 Å². The third kappa shape index (κ3) is 6.55. The molecule has 0 bridgehead atoms. The molecule has 0 saturated heterocycles. The Morgan fingerprint density at radius 2 is 2.00 bits per heavy atom. The van der Waals surface area contributed by atoms with E-state index in [-0.39, 0.29) is 18.6 Å². The van der Waals surface area contributed by atoms with Crippen LogP contribution in [0.3, 0.4) is 0 Å². The number of carbonyl (C=O) groups is 1. The van der Waals surface area contributed by atoms with Crippen molar-refractivity contribution in [1.82, 2.24) is 5.32 Å². The Kier molecular flexibility index (Phi) is 6.81. The first-order valence-corrected chi connectivity index (χ1v) is 7.15. The summed E-state index contributed by atoms with van der Waals surface area (Å²) < 4.78 is 1.01. The van der Waals surface area contributed by atoms with Gasteiger partial charge in [0.2, 0.25) is 5.91 Å². The summed E-state index contributed by atoms with van der Waals surface area (Å²) in [6.07, 6.45) is 4.02. The molecule has 0 radical (unpaired) electrons. The monoisotopic (exact) mass is 325 g/mol. The summed E-state index contributed by atoms with van der Waals surface area (Å²) in [4.78, 5) is 11.7. The normalized spacial score (nSPS) is 12.9. The molecule has 1 aromatic carbocycles. The van der Waals surface area contributed by atoms with Crippen molar-refractivity contribution in [2.24, 2.45) is 5.92 Å². The first-order valence-electron chi connectivity index (χ1n) is 6.36. The van der Waals surface area contributed by atoms with Gasteiger partial charge in [-0.3, -0.25) is 4.79 Å². The highest BCUT2D eigenvalue weighted by atomic mass is 79.9. The minimum absolute atomic E-state index is 0.0317. The molecule has 0 fully saturated rings. The van der Waals surface area contributed by atoms with Gasteiger partial charge in [0.15, 0.2) is 0 Å². The molecule has 19 heavy (non-hydrogen) atoms. The van der Waals surface area contributed by atoms with E-state index in [4.69, 9.17) is 0 Å². The number of hydrogen-bond donors (Lipinski definition) is 2. The van der Waals surface area contributed by atoms with E-state index in [2.05, 4.69) is 35.1 Å². The van der Waals surface area contributed by atoms with E-state index >= 15 is 0 Å². The van der Waals surface area contributed by atoms with Crippen LogP contribution in [-0.2, 0) is 4.79 Å². The maximum absolute atomic E-state index is 11.7. The molecule has 1 amide bonds. The predicted molar refractivity (Wildman–Crippen MR) is 81.6 cm³/mol. The Balaban J connectivity index is 2.52. The van der Waals surface area contributed by atoms with Crippen LogP contribution in [0.25, 0.3) is 6.08 Å². The first-order chi connectivity index (χ1) is 9.01. The smallest absolute Gasteiger partial charge is 0.244 e. The van der Waals surface area contributed by atoms with Gasteiger partial charge in [-0.2, -0.15) is 0 Å². The summed E-state index contributed by atoms with van der Waals surface area (Å²) in [5.41, 5.74) is 0.961. The lowest BCUT2D eigenvalue weighted by Crippen LogP contribution is -2.37. The molecule has 0 spiro atoms. The predicted octanol–water partition coefficient (Wildman–Crippen LogP) is 2.99. The maximum Gasteiger partial charge on any atom is 0.244 e. The molecule has 2 N–H and O–H groups in total. The molecule has 1 aromatic rings. The van der Waals surface area contributed by atoms with E-state index in [9.17, 15) is 9.90 Å². The summed E-state index contributed by atoms with van der Waals surface area (Å²) in [7, 11) is 0. The maximum atomic E-state index is 11.7. The zero-order valence-corrected chi connectivity index (χ0v) is 12.9. The second-order valence-electron chi connectivity index (χ2n) is 4.90. The van der Waals surface area contributed by atoms with Crippen molar-refractivity contribution in [2.45, 2.75) is 26.3 Å². The summed E-state index contributed by atoms with van der Waals surface area (Å²) >= 11 is 3.36. The lowest BCUT2D eigenvalue weighted by molar-refractivity contribution is -0.117. The first kappa shape index (κ1) is 15.9. The Labute approximate surface area is 122 Å². The van der Waals surface area contributed by atoms with Crippen LogP contribution in [0, 0.1) is 5.92 Å². The van der Waals surface area contributed by atoms with Gasteiger partial charge in [0.05, 0.1) is 12.6 Å². The third-order valence-electron chi connectivity index (χ3n) is 2.62. The molecule has 104 valence electrons. The average molecular weight is 326 g/mol. The van der Waals surface area contributed by atoms with E-state index < -0.39 is 0 Å². The number of rotatable bonds is 6. The molecule has 0 aliphatic carbocycles. The van der Waals surface area contributed by atoms with Crippen LogP contribution in [0.15, 0.2) is 34.8 Å². The van der Waals surface area contributed by atoms with E-state index in [0.717, 1.165) is 16.5 Å². The van der Waals surface area contributed by atoms with Gasteiger partial charge in [-0.15, -0.1) is 0 Å². The SMILES string of the molecule is CC(C)CC(CO)NC(=O)C=Cc1ccc(Br)cc1. The second kappa shape index (κ2) is 8.12. The highest BCUT2D eigenvalue weighted by Crippen LogP contribution is 2.11. The lowest BCUT2D eigenvalue weighted by Gasteiger charge is -2.17. The number of nitrogens with one attached hydrogen (secondary N) is 1. The Morgan fingerprint density at radius 1 is 1.37 bits per heavy atom. The van der Waals surface area contributed by atoms with Crippen LogP contribution in [0.4, 0.5) is 0 Å².